The van der Waals surface area contributed by atoms with E-state index in [9.17, 15) is 4.79 Å². The average Bonchev–Trinajstić information content (AvgIpc) is 3.05. The van der Waals surface area contributed by atoms with Crippen molar-refractivity contribution in [2.24, 2.45) is 0 Å². The van der Waals surface area contributed by atoms with Crippen LogP contribution in [0.2, 0.25) is 5.15 Å². The summed E-state index contributed by atoms with van der Waals surface area (Å²) in [4.78, 5) is 23.3. The number of rotatable bonds is 4. The van der Waals surface area contributed by atoms with Gasteiger partial charge in [0.15, 0.2) is 0 Å². The summed E-state index contributed by atoms with van der Waals surface area (Å²) in [7, 11) is 2.10. The highest BCUT2D eigenvalue weighted by molar-refractivity contribution is 6.29. The number of likely N-dealkylation sites (tertiary alicyclic amines) is 1. The van der Waals surface area contributed by atoms with Gasteiger partial charge in [0.25, 0.3) is 0 Å². The fourth-order valence-corrected chi connectivity index (χ4v) is 4.02. The van der Waals surface area contributed by atoms with Gasteiger partial charge in [0.2, 0.25) is 5.88 Å². The summed E-state index contributed by atoms with van der Waals surface area (Å²) in [6, 6.07) is 3.94. The van der Waals surface area contributed by atoms with E-state index in [-0.39, 0.29) is 18.2 Å². The molecule has 3 rings (SSSR count). The summed E-state index contributed by atoms with van der Waals surface area (Å²) in [5.74, 6) is 0.585. The molecule has 2 aliphatic heterocycles. The van der Waals surface area contributed by atoms with Crippen LogP contribution in [-0.2, 0) is 4.74 Å². The summed E-state index contributed by atoms with van der Waals surface area (Å²) in [6.45, 7) is 11.6. The van der Waals surface area contributed by atoms with Crippen molar-refractivity contribution in [2.45, 2.75) is 58.3 Å². The Morgan fingerprint density at radius 1 is 1.24 bits per heavy atom. The Labute approximate surface area is 178 Å². The Morgan fingerprint density at radius 3 is 2.62 bits per heavy atom. The van der Waals surface area contributed by atoms with Gasteiger partial charge in [0, 0.05) is 38.8 Å². The van der Waals surface area contributed by atoms with Gasteiger partial charge in [-0.2, -0.15) is 4.98 Å². The smallest absolute Gasteiger partial charge is 0.410 e. The Kier molecular flexibility index (Phi) is 6.79. The summed E-state index contributed by atoms with van der Waals surface area (Å²) in [5.41, 5.74) is 0.450. The molecule has 29 heavy (non-hydrogen) atoms. The molecule has 2 saturated heterocycles. The Hall–Kier alpha value is -1.73. The number of amides is 1. The molecule has 1 aromatic heterocycles. The number of halogens is 1. The molecule has 2 aliphatic rings. The molecule has 7 nitrogen and oxygen atoms in total. The van der Waals surface area contributed by atoms with Gasteiger partial charge in [-0.25, -0.2) is 4.79 Å². The fraction of sp³-hybridized carbons (Fsp3) is 0.714. The van der Waals surface area contributed by atoms with Gasteiger partial charge < -0.3 is 24.2 Å². The molecule has 0 radical (unpaired) electrons. The van der Waals surface area contributed by atoms with Crippen molar-refractivity contribution in [1.29, 1.82) is 0 Å². The van der Waals surface area contributed by atoms with Gasteiger partial charge in [0.1, 0.15) is 22.5 Å². The van der Waals surface area contributed by atoms with E-state index in [1.165, 1.54) is 0 Å². The minimum Gasteiger partial charge on any atom is -0.471 e. The van der Waals surface area contributed by atoms with Gasteiger partial charge in [-0.3, -0.25) is 0 Å². The van der Waals surface area contributed by atoms with E-state index in [2.05, 4.69) is 28.8 Å². The minimum atomic E-state index is -0.495. The monoisotopic (exact) mass is 424 g/mol. The van der Waals surface area contributed by atoms with Gasteiger partial charge >= 0.3 is 6.09 Å². The summed E-state index contributed by atoms with van der Waals surface area (Å²) < 4.78 is 11.8. The Bertz CT molecular complexity index is 724. The number of likely N-dealkylation sites (N-methyl/N-ethyl adjacent to an activating group) is 1. The molecule has 162 valence electrons. The van der Waals surface area contributed by atoms with E-state index in [0.29, 0.717) is 30.7 Å². The quantitative estimate of drug-likeness (QED) is 0.687. The van der Waals surface area contributed by atoms with Crippen LogP contribution >= 0.6 is 11.6 Å². The number of pyridine rings is 1. The molecule has 2 atom stereocenters. The molecule has 1 amide bonds. The van der Waals surface area contributed by atoms with Crippen LogP contribution in [0.5, 0.6) is 5.88 Å². The van der Waals surface area contributed by atoms with Crippen molar-refractivity contribution in [1.82, 2.24) is 14.8 Å². The van der Waals surface area contributed by atoms with E-state index in [4.69, 9.17) is 21.1 Å². The highest BCUT2D eigenvalue weighted by Crippen LogP contribution is 2.33. The number of hydrogen-bond acceptors (Lipinski definition) is 6. The number of carbonyl (C=O) groups is 1. The lowest BCUT2D eigenvalue weighted by Crippen LogP contribution is -2.55. The summed E-state index contributed by atoms with van der Waals surface area (Å²) in [5, 5.41) is 0.426. The standard InChI is InChI=1S/C21H33ClN4O3/c1-6-15-13-25(20(27)29-21(2,3)4)11-12-26(15)17-7-8-18(22)23-19(17)28-16-9-10-24(5)14-16/h7-8,15-16H,6,9-14H2,1-5H3/t15-,16-/m1/s1. The highest BCUT2D eigenvalue weighted by atomic mass is 35.5. The van der Waals surface area contributed by atoms with Crippen molar-refractivity contribution in [2.75, 3.05) is 44.7 Å². The maximum Gasteiger partial charge on any atom is 0.410 e. The molecule has 1 aromatic rings. The molecule has 0 saturated carbocycles. The van der Waals surface area contributed by atoms with E-state index >= 15 is 0 Å². The van der Waals surface area contributed by atoms with Crippen molar-refractivity contribution < 1.29 is 14.3 Å². The van der Waals surface area contributed by atoms with E-state index in [1.54, 1.807) is 11.0 Å². The third-order valence-corrected chi connectivity index (χ3v) is 5.56. The number of carbonyl (C=O) groups excluding carboxylic acids is 1. The molecule has 0 unspecified atom stereocenters. The van der Waals surface area contributed by atoms with Crippen LogP contribution in [0.25, 0.3) is 0 Å². The zero-order valence-corrected chi connectivity index (χ0v) is 18.9. The number of aromatic nitrogens is 1. The molecule has 0 N–H and O–H groups in total. The third kappa shape index (κ3) is 5.66. The lowest BCUT2D eigenvalue weighted by Gasteiger charge is -2.43. The Morgan fingerprint density at radius 2 is 2.00 bits per heavy atom. The zero-order chi connectivity index (χ0) is 21.2. The average molecular weight is 425 g/mol. The van der Waals surface area contributed by atoms with Crippen LogP contribution in [0.3, 0.4) is 0 Å². The van der Waals surface area contributed by atoms with Crippen molar-refractivity contribution in [3.05, 3.63) is 17.3 Å². The number of hydrogen-bond donors (Lipinski definition) is 0. The molecule has 8 heteroatoms. The molecule has 0 aliphatic carbocycles. The van der Waals surface area contributed by atoms with Crippen LogP contribution in [0.15, 0.2) is 12.1 Å². The van der Waals surface area contributed by atoms with Crippen LogP contribution in [0, 0.1) is 0 Å². The van der Waals surface area contributed by atoms with Crippen molar-refractivity contribution >= 4 is 23.4 Å². The number of piperazine rings is 1. The lowest BCUT2D eigenvalue weighted by molar-refractivity contribution is 0.0213. The molecule has 0 aromatic carbocycles. The second-order valence-electron chi connectivity index (χ2n) is 8.93. The molecule has 2 fully saturated rings. The minimum absolute atomic E-state index is 0.118. The second-order valence-corrected chi connectivity index (χ2v) is 9.32. The van der Waals surface area contributed by atoms with Gasteiger partial charge in [-0.15, -0.1) is 0 Å². The van der Waals surface area contributed by atoms with Crippen LogP contribution < -0.4 is 9.64 Å². The summed E-state index contributed by atoms with van der Waals surface area (Å²) in [6.07, 6.45) is 1.74. The second kappa shape index (κ2) is 8.96. The van der Waals surface area contributed by atoms with E-state index < -0.39 is 5.60 Å². The van der Waals surface area contributed by atoms with E-state index in [0.717, 1.165) is 31.6 Å². The Balaban J connectivity index is 1.75. The van der Waals surface area contributed by atoms with Crippen LogP contribution in [0.4, 0.5) is 10.5 Å². The molecular formula is C21H33ClN4O3. The van der Waals surface area contributed by atoms with Crippen LogP contribution in [0.1, 0.15) is 40.5 Å². The first-order chi connectivity index (χ1) is 13.7. The SMILES string of the molecule is CC[C@@H]1CN(C(=O)OC(C)(C)C)CCN1c1ccc(Cl)nc1O[C@@H]1CCN(C)C1. The first-order valence-corrected chi connectivity index (χ1v) is 10.8. The number of anilines is 1. The normalized spacial score (nSPS) is 23.4. The predicted molar refractivity (Wildman–Crippen MR) is 115 cm³/mol. The number of nitrogens with zero attached hydrogens (tertiary/aromatic N) is 4. The molecule has 0 bridgehead atoms. The fourth-order valence-electron chi connectivity index (χ4n) is 3.88. The van der Waals surface area contributed by atoms with Crippen molar-refractivity contribution in [3.8, 4) is 5.88 Å². The van der Waals surface area contributed by atoms with Gasteiger partial charge in [-0.1, -0.05) is 18.5 Å². The van der Waals surface area contributed by atoms with Gasteiger partial charge in [0.05, 0.1) is 0 Å². The van der Waals surface area contributed by atoms with Gasteiger partial charge in [-0.05, 0) is 52.8 Å². The maximum absolute atomic E-state index is 12.5. The van der Waals surface area contributed by atoms with Crippen molar-refractivity contribution in [3.63, 3.8) is 0 Å². The van der Waals surface area contributed by atoms with Crippen LogP contribution in [-0.4, -0.2) is 78.4 Å². The molecule has 0 spiro atoms. The highest BCUT2D eigenvalue weighted by Gasteiger charge is 2.33. The lowest BCUT2D eigenvalue weighted by atomic mass is 10.1. The first-order valence-electron chi connectivity index (χ1n) is 10.4. The third-order valence-electron chi connectivity index (χ3n) is 5.35. The molecule has 3 heterocycles. The predicted octanol–water partition coefficient (Wildman–Crippen LogP) is 3.65. The number of ether oxygens (including phenoxy) is 2. The zero-order valence-electron chi connectivity index (χ0n) is 18.2. The summed E-state index contributed by atoms with van der Waals surface area (Å²) >= 11 is 6.18. The maximum atomic E-state index is 12.5. The van der Waals surface area contributed by atoms with E-state index in [1.807, 2.05) is 26.8 Å². The largest absolute Gasteiger partial charge is 0.471 e. The first kappa shape index (κ1) is 22.0. The molecular weight excluding hydrogens is 392 g/mol. The topological polar surface area (TPSA) is 58.1 Å².